The second-order valence-electron chi connectivity index (χ2n) is 8.76. The van der Waals surface area contributed by atoms with E-state index in [0.29, 0.717) is 12.1 Å². The Morgan fingerprint density at radius 1 is 1.30 bits per heavy atom. The van der Waals surface area contributed by atoms with Gasteiger partial charge >= 0.3 is 5.97 Å². The number of nitrogens with zero attached hydrogens (tertiary/aromatic N) is 2. The van der Waals surface area contributed by atoms with Crippen LogP contribution in [0.15, 0.2) is 51.4 Å². The largest absolute Gasteiger partial charge is 0.477 e. The topological polar surface area (TPSA) is 85.3 Å². The molecule has 5 rings (SSSR count). The van der Waals surface area contributed by atoms with Gasteiger partial charge in [0.25, 0.3) is 0 Å². The van der Waals surface area contributed by atoms with Gasteiger partial charge in [-0.25, -0.2) is 9.17 Å². The molecule has 1 N–H and O–H groups in total. The number of hydrogen-bond acceptors (Lipinski definition) is 5. The zero-order chi connectivity index (χ0) is 21.2. The lowest BCUT2D eigenvalue weighted by atomic mass is 9.78. The standard InChI is InChI=1S/C23H20N2O4S/c1-23(2,3)20-7-16-15(18-8-19(26)17(22(27)28)10-25(18)20)6-14(12-9-24-30-11-12)13-4-5-29-21(13)16/h4-6,8-11,20H,7H2,1-3H3,(H,27,28)/t20-/m0/s1. The molecule has 4 heterocycles. The Labute approximate surface area is 176 Å². The van der Waals surface area contributed by atoms with Crippen molar-refractivity contribution in [2.75, 3.05) is 0 Å². The maximum absolute atomic E-state index is 12.6. The zero-order valence-electron chi connectivity index (χ0n) is 16.8. The lowest BCUT2D eigenvalue weighted by Crippen LogP contribution is -2.32. The molecular weight excluding hydrogens is 400 g/mol. The summed E-state index contributed by atoms with van der Waals surface area (Å²) in [5.41, 5.74) is 4.58. The molecule has 4 aromatic rings. The van der Waals surface area contributed by atoms with Crippen molar-refractivity contribution >= 4 is 28.5 Å². The monoisotopic (exact) mass is 420 g/mol. The lowest BCUT2D eigenvalue weighted by molar-refractivity contribution is 0.0693. The van der Waals surface area contributed by atoms with E-state index in [-0.39, 0.29) is 17.0 Å². The Bertz CT molecular complexity index is 1360. The molecule has 1 aliphatic rings. The van der Waals surface area contributed by atoms with Gasteiger partial charge in [-0.05, 0) is 41.1 Å². The van der Waals surface area contributed by atoms with Crippen LogP contribution in [-0.2, 0) is 6.42 Å². The highest BCUT2D eigenvalue weighted by Gasteiger charge is 2.35. The van der Waals surface area contributed by atoms with Crippen molar-refractivity contribution in [1.29, 1.82) is 0 Å². The molecule has 0 amide bonds. The van der Waals surface area contributed by atoms with Gasteiger partial charge in [-0.15, -0.1) is 0 Å². The predicted octanol–water partition coefficient (Wildman–Crippen LogP) is 5.23. The van der Waals surface area contributed by atoms with Crippen molar-refractivity contribution < 1.29 is 14.3 Å². The summed E-state index contributed by atoms with van der Waals surface area (Å²) in [6, 6.07) is 5.46. The molecule has 0 unspecified atom stereocenters. The molecule has 1 aromatic carbocycles. The van der Waals surface area contributed by atoms with Crippen LogP contribution in [0.2, 0.25) is 0 Å². The number of carboxylic acids is 1. The van der Waals surface area contributed by atoms with E-state index in [9.17, 15) is 14.7 Å². The van der Waals surface area contributed by atoms with Crippen molar-refractivity contribution in [2.45, 2.75) is 33.2 Å². The molecule has 30 heavy (non-hydrogen) atoms. The van der Waals surface area contributed by atoms with E-state index in [1.54, 1.807) is 6.26 Å². The summed E-state index contributed by atoms with van der Waals surface area (Å²) in [4.78, 5) is 24.2. The van der Waals surface area contributed by atoms with Crippen molar-refractivity contribution in [3.05, 3.63) is 63.6 Å². The number of fused-ring (bicyclic) bond motifs is 5. The van der Waals surface area contributed by atoms with Crippen LogP contribution < -0.4 is 5.43 Å². The average Bonchev–Trinajstić information content (AvgIpc) is 3.37. The van der Waals surface area contributed by atoms with Gasteiger partial charge in [-0.2, -0.15) is 0 Å². The summed E-state index contributed by atoms with van der Waals surface area (Å²) in [6.07, 6.45) is 5.69. The number of furan rings is 1. The Balaban J connectivity index is 1.88. The van der Waals surface area contributed by atoms with E-state index in [4.69, 9.17) is 4.42 Å². The Morgan fingerprint density at radius 2 is 2.10 bits per heavy atom. The van der Waals surface area contributed by atoms with E-state index in [1.165, 1.54) is 23.8 Å². The van der Waals surface area contributed by atoms with Crippen LogP contribution >= 0.6 is 11.5 Å². The molecular formula is C23H20N2O4S. The molecule has 7 heteroatoms. The quantitative estimate of drug-likeness (QED) is 0.480. The molecule has 3 aromatic heterocycles. The first kappa shape index (κ1) is 18.8. The third-order valence-electron chi connectivity index (χ3n) is 5.91. The van der Waals surface area contributed by atoms with E-state index in [0.717, 1.165) is 33.2 Å². The summed E-state index contributed by atoms with van der Waals surface area (Å²) < 4.78 is 12.1. The number of benzene rings is 1. The van der Waals surface area contributed by atoms with Gasteiger partial charge in [0.15, 0.2) is 5.43 Å². The summed E-state index contributed by atoms with van der Waals surface area (Å²) in [5, 5.41) is 12.5. The Kier molecular flexibility index (Phi) is 4.02. The molecule has 1 atom stereocenters. The van der Waals surface area contributed by atoms with E-state index in [2.05, 4.69) is 31.2 Å². The van der Waals surface area contributed by atoms with Crippen molar-refractivity contribution in [3.8, 4) is 22.4 Å². The predicted molar refractivity (Wildman–Crippen MR) is 116 cm³/mol. The number of rotatable bonds is 2. The first-order valence-electron chi connectivity index (χ1n) is 9.68. The summed E-state index contributed by atoms with van der Waals surface area (Å²) in [7, 11) is 0. The summed E-state index contributed by atoms with van der Waals surface area (Å²) in [5.74, 6) is -1.21. The second-order valence-corrected chi connectivity index (χ2v) is 9.42. The normalized spacial score (nSPS) is 15.8. The Morgan fingerprint density at radius 3 is 2.77 bits per heavy atom. The van der Waals surface area contributed by atoms with Crippen LogP contribution in [0.3, 0.4) is 0 Å². The molecule has 0 aliphatic carbocycles. The zero-order valence-corrected chi connectivity index (χ0v) is 17.6. The maximum atomic E-state index is 12.6. The minimum absolute atomic E-state index is 0.0272. The molecule has 0 fully saturated rings. The molecule has 0 spiro atoms. The fourth-order valence-electron chi connectivity index (χ4n) is 4.39. The van der Waals surface area contributed by atoms with Gasteiger partial charge in [-0.3, -0.25) is 4.79 Å². The highest BCUT2D eigenvalue weighted by molar-refractivity contribution is 7.03. The van der Waals surface area contributed by atoms with Crippen LogP contribution in [0.5, 0.6) is 0 Å². The van der Waals surface area contributed by atoms with Crippen LogP contribution in [0, 0.1) is 5.41 Å². The maximum Gasteiger partial charge on any atom is 0.341 e. The molecule has 0 saturated heterocycles. The number of carboxylic acid groups (broad SMARTS) is 1. The molecule has 6 nitrogen and oxygen atoms in total. The number of aromatic carboxylic acids is 1. The van der Waals surface area contributed by atoms with Gasteiger partial charge < -0.3 is 14.1 Å². The number of aromatic nitrogens is 2. The SMILES string of the molecule is CC(C)(C)[C@@H]1Cc2c(cc(-c3cnsc3)c3ccoc23)-c2cc(=O)c(C(=O)O)cn21. The minimum Gasteiger partial charge on any atom is -0.477 e. The first-order chi connectivity index (χ1) is 14.3. The third kappa shape index (κ3) is 2.73. The highest BCUT2D eigenvalue weighted by Crippen LogP contribution is 2.47. The van der Waals surface area contributed by atoms with E-state index >= 15 is 0 Å². The molecule has 0 bridgehead atoms. The van der Waals surface area contributed by atoms with E-state index in [1.807, 2.05) is 22.2 Å². The van der Waals surface area contributed by atoms with Crippen LogP contribution in [-0.4, -0.2) is 20.0 Å². The van der Waals surface area contributed by atoms with Crippen LogP contribution in [0.1, 0.15) is 42.7 Å². The Hall–Kier alpha value is -3.19. The third-order valence-corrected chi connectivity index (χ3v) is 6.49. The number of hydrogen-bond donors (Lipinski definition) is 1. The van der Waals surface area contributed by atoms with Gasteiger partial charge in [0.2, 0.25) is 0 Å². The van der Waals surface area contributed by atoms with Gasteiger partial charge in [0, 0.05) is 52.0 Å². The van der Waals surface area contributed by atoms with Crippen molar-refractivity contribution in [2.24, 2.45) is 5.41 Å². The van der Waals surface area contributed by atoms with Gasteiger partial charge in [0.1, 0.15) is 11.1 Å². The molecule has 0 saturated carbocycles. The minimum atomic E-state index is -1.21. The smallest absolute Gasteiger partial charge is 0.341 e. The molecule has 1 aliphatic heterocycles. The van der Waals surface area contributed by atoms with Gasteiger partial charge in [-0.1, -0.05) is 20.8 Å². The number of carbonyl (C=O) groups is 1. The first-order valence-corrected chi connectivity index (χ1v) is 10.5. The van der Waals surface area contributed by atoms with E-state index < -0.39 is 11.4 Å². The van der Waals surface area contributed by atoms with Crippen LogP contribution in [0.25, 0.3) is 33.4 Å². The second kappa shape index (κ2) is 6.40. The molecule has 152 valence electrons. The molecule has 0 radical (unpaired) electrons. The summed E-state index contributed by atoms with van der Waals surface area (Å²) >= 11 is 1.38. The fraction of sp³-hybridized carbons (Fsp3) is 0.261. The van der Waals surface area contributed by atoms with Gasteiger partial charge in [0.05, 0.1) is 12.0 Å². The lowest BCUT2D eigenvalue weighted by Gasteiger charge is -2.39. The number of pyridine rings is 1. The highest BCUT2D eigenvalue weighted by atomic mass is 32.1. The van der Waals surface area contributed by atoms with Crippen LogP contribution in [0.4, 0.5) is 0 Å². The summed E-state index contributed by atoms with van der Waals surface area (Å²) in [6.45, 7) is 6.36. The fourth-order valence-corrected chi connectivity index (χ4v) is 4.93. The van der Waals surface area contributed by atoms with Crippen molar-refractivity contribution in [3.63, 3.8) is 0 Å². The average molecular weight is 420 g/mol. The van der Waals surface area contributed by atoms with Crippen molar-refractivity contribution in [1.82, 2.24) is 8.94 Å².